The van der Waals surface area contributed by atoms with Gasteiger partial charge in [-0.15, -0.1) is 0 Å². The molecule has 1 aromatic heterocycles. The van der Waals surface area contributed by atoms with Crippen molar-refractivity contribution in [3.63, 3.8) is 0 Å². The SMILES string of the molecule is COc1cccc(OCc2coc(Br)c2)c1. The third-order valence-corrected chi connectivity index (χ3v) is 2.48. The van der Waals surface area contributed by atoms with Gasteiger partial charge in [0.1, 0.15) is 18.1 Å². The maximum absolute atomic E-state index is 5.59. The summed E-state index contributed by atoms with van der Waals surface area (Å²) in [7, 11) is 1.63. The van der Waals surface area contributed by atoms with E-state index in [2.05, 4.69) is 15.9 Å². The van der Waals surface area contributed by atoms with Crippen molar-refractivity contribution in [2.45, 2.75) is 6.61 Å². The first-order chi connectivity index (χ1) is 7.78. The van der Waals surface area contributed by atoms with Gasteiger partial charge in [-0.05, 0) is 34.1 Å². The van der Waals surface area contributed by atoms with E-state index in [1.54, 1.807) is 13.4 Å². The van der Waals surface area contributed by atoms with Crippen LogP contribution >= 0.6 is 15.9 Å². The number of halogens is 1. The molecule has 1 heterocycles. The van der Waals surface area contributed by atoms with Gasteiger partial charge < -0.3 is 13.9 Å². The number of benzene rings is 1. The second kappa shape index (κ2) is 5.07. The van der Waals surface area contributed by atoms with Crippen molar-refractivity contribution in [2.24, 2.45) is 0 Å². The molecule has 0 unspecified atom stereocenters. The van der Waals surface area contributed by atoms with Gasteiger partial charge >= 0.3 is 0 Å². The lowest BCUT2D eigenvalue weighted by molar-refractivity contribution is 0.302. The zero-order chi connectivity index (χ0) is 11.4. The van der Waals surface area contributed by atoms with Gasteiger partial charge in [-0.2, -0.15) is 0 Å². The Balaban J connectivity index is 1.99. The summed E-state index contributed by atoms with van der Waals surface area (Å²) in [5, 5.41) is 0. The highest BCUT2D eigenvalue weighted by atomic mass is 79.9. The first kappa shape index (κ1) is 11.1. The largest absolute Gasteiger partial charge is 0.497 e. The topological polar surface area (TPSA) is 31.6 Å². The molecular formula is C12H11BrO3. The molecule has 0 spiro atoms. The van der Waals surface area contributed by atoms with E-state index in [9.17, 15) is 0 Å². The number of hydrogen-bond acceptors (Lipinski definition) is 3. The van der Waals surface area contributed by atoms with E-state index in [0.29, 0.717) is 11.3 Å². The molecule has 84 valence electrons. The Morgan fingerprint density at radius 2 is 2.06 bits per heavy atom. The van der Waals surface area contributed by atoms with Gasteiger partial charge in [0.05, 0.1) is 13.4 Å². The van der Waals surface area contributed by atoms with Crippen LogP contribution < -0.4 is 9.47 Å². The Labute approximate surface area is 102 Å². The minimum Gasteiger partial charge on any atom is -0.497 e. The first-order valence-corrected chi connectivity index (χ1v) is 5.57. The van der Waals surface area contributed by atoms with Crippen molar-refractivity contribution in [1.82, 2.24) is 0 Å². The number of hydrogen-bond donors (Lipinski definition) is 0. The van der Waals surface area contributed by atoms with Gasteiger partial charge in [0.15, 0.2) is 4.67 Å². The molecule has 2 rings (SSSR count). The third kappa shape index (κ3) is 2.79. The van der Waals surface area contributed by atoms with Crippen LogP contribution in [0, 0.1) is 0 Å². The Morgan fingerprint density at radius 1 is 1.25 bits per heavy atom. The molecule has 0 fully saturated rings. The minimum atomic E-state index is 0.474. The quantitative estimate of drug-likeness (QED) is 0.858. The Kier molecular flexibility index (Phi) is 3.51. The summed E-state index contributed by atoms with van der Waals surface area (Å²) in [6.07, 6.45) is 1.66. The highest BCUT2D eigenvalue weighted by Crippen LogP contribution is 2.21. The molecular weight excluding hydrogens is 272 g/mol. The van der Waals surface area contributed by atoms with E-state index in [1.807, 2.05) is 30.3 Å². The van der Waals surface area contributed by atoms with Crippen molar-refractivity contribution in [2.75, 3.05) is 7.11 Å². The highest BCUT2D eigenvalue weighted by Gasteiger charge is 2.01. The third-order valence-electron chi connectivity index (χ3n) is 2.07. The van der Waals surface area contributed by atoms with Crippen LogP contribution in [-0.2, 0) is 6.61 Å². The molecule has 3 nitrogen and oxygen atoms in total. The molecule has 0 amide bonds. The zero-order valence-corrected chi connectivity index (χ0v) is 10.4. The van der Waals surface area contributed by atoms with Crippen LogP contribution in [0.1, 0.15) is 5.56 Å². The summed E-state index contributed by atoms with van der Waals surface area (Å²) in [6.45, 7) is 0.474. The van der Waals surface area contributed by atoms with E-state index in [1.165, 1.54) is 0 Å². The van der Waals surface area contributed by atoms with Gasteiger partial charge in [-0.1, -0.05) is 6.07 Å². The van der Waals surface area contributed by atoms with E-state index < -0.39 is 0 Å². The van der Waals surface area contributed by atoms with E-state index >= 15 is 0 Å². The standard InChI is InChI=1S/C12H11BrO3/c1-14-10-3-2-4-11(6-10)15-7-9-5-12(13)16-8-9/h2-6,8H,7H2,1H3. The number of methoxy groups -OCH3 is 1. The Bertz CT molecular complexity index is 465. The summed E-state index contributed by atoms with van der Waals surface area (Å²) < 4.78 is 16.5. The van der Waals surface area contributed by atoms with Crippen LogP contribution in [0.4, 0.5) is 0 Å². The molecule has 0 aliphatic rings. The summed E-state index contributed by atoms with van der Waals surface area (Å²) in [4.78, 5) is 0. The van der Waals surface area contributed by atoms with Crippen molar-refractivity contribution in [3.8, 4) is 11.5 Å². The molecule has 0 N–H and O–H groups in total. The van der Waals surface area contributed by atoms with Crippen molar-refractivity contribution in [1.29, 1.82) is 0 Å². The van der Waals surface area contributed by atoms with Crippen LogP contribution in [0.25, 0.3) is 0 Å². The average molecular weight is 283 g/mol. The smallest absolute Gasteiger partial charge is 0.169 e. The molecule has 0 atom stereocenters. The molecule has 0 saturated carbocycles. The van der Waals surface area contributed by atoms with Gasteiger partial charge in [0, 0.05) is 11.6 Å². The van der Waals surface area contributed by atoms with Gasteiger partial charge in [-0.3, -0.25) is 0 Å². The number of rotatable bonds is 4. The van der Waals surface area contributed by atoms with E-state index in [0.717, 1.165) is 17.1 Å². The van der Waals surface area contributed by atoms with E-state index in [4.69, 9.17) is 13.9 Å². The predicted molar refractivity (Wildman–Crippen MR) is 63.7 cm³/mol. The van der Waals surface area contributed by atoms with Crippen LogP contribution in [0.15, 0.2) is 45.7 Å². The van der Waals surface area contributed by atoms with Crippen LogP contribution in [0.2, 0.25) is 0 Å². The second-order valence-electron chi connectivity index (χ2n) is 3.23. The summed E-state index contributed by atoms with van der Waals surface area (Å²) in [5.74, 6) is 1.56. The fraction of sp³-hybridized carbons (Fsp3) is 0.167. The van der Waals surface area contributed by atoms with E-state index in [-0.39, 0.29) is 0 Å². The normalized spacial score (nSPS) is 10.1. The monoisotopic (exact) mass is 282 g/mol. The highest BCUT2D eigenvalue weighted by molar-refractivity contribution is 9.10. The van der Waals surface area contributed by atoms with Crippen LogP contribution in [-0.4, -0.2) is 7.11 Å². The molecule has 0 bridgehead atoms. The molecule has 0 radical (unpaired) electrons. The zero-order valence-electron chi connectivity index (χ0n) is 8.77. The molecule has 16 heavy (non-hydrogen) atoms. The lowest BCUT2D eigenvalue weighted by atomic mass is 10.3. The van der Waals surface area contributed by atoms with Crippen molar-refractivity contribution >= 4 is 15.9 Å². The van der Waals surface area contributed by atoms with Gasteiger partial charge in [0.25, 0.3) is 0 Å². The Hall–Kier alpha value is -1.42. The summed E-state index contributed by atoms with van der Waals surface area (Å²) >= 11 is 3.24. The van der Waals surface area contributed by atoms with Gasteiger partial charge in [0.2, 0.25) is 0 Å². The molecule has 2 aromatic rings. The number of furan rings is 1. The van der Waals surface area contributed by atoms with Crippen LogP contribution in [0.5, 0.6) is 11.5 Å². The van der Waals surface area contributed by atoms with Crippen molar-refractivity contribution < 1.29 is 13.9 Å². The number of ether oxygens (including phenoxy) is 2. The molecule has 1 aromatic carbocycles. The lowest BCUT2D eigenvalue weighted by Gasteiger charge is -2.05. The van der Waals surface area contributed by atoms with Crippen molar-refractivity contribution in [3.05, 3.63) is 46.8 Å². The molecule has 0 aliphatic carbocycles. The first-order valence-electron chi connectivity index (χ1n) is 4.77. The van der Waals surface area contributed by atoms with Gasteiger partial charge in [-0.25, -0.2) is 0 Å². The minimum absolute atomic E-state index is 0.474. The fourth-order valence-corrected chi connectivity index (χ4v) is 1.67. The maximum Gasteiger partial charge on any atom is 0.169 e. The Morgan fingerprint density at radius 3 is 2.75 bits per heavy atom. The molecule has 0 aliphatic heterocycles. The molecule has 0 saturated heterocycles. The molecule has 4 heteroatoms. The average Bonchev–Trinajstić information content (AvgIpc) is 2.73. The van der Waals surface area contributed by atoms with Crippen LogP contribution in [0.3, 0.4) is 0 Å². The second-order valence-corrected chi connectivity index (χ2v) is 4.01. The summed E-state index contributed by atoms with van der Waals surface area (Å²) in [6, 6.07) is 9.37. The predicted octanol–water partition coefficient (Wildman–Crippen LogP) is 3.63. The maximum atomic E-state index is 5.59. The lowest BCUT2D eigenvalue weighted by Crippen LogP contribution is -1.93. The summed E-state index contributed by atoms with van der Waals surface area (Å²) in [5.41, 5.74) is 0.981. The fourth-order valence-electron chi connectivity index (χ4n) is 1.28.